The first-order valence-corrected chi connectivity index (χ1v) is 7.06. The lowest BCUT2D eigenvalue weighted by atomic mass is 10.1. The molecule has 0 atom stereocenters. The molecule has 1 aromatic carbocycles. The van der Waals surface area contributed by atoms with Gasteiger partial charge < -0.3 is 10.5 Å². The Hall–Kier alpha value is -1.11. The summed E-state index contributed by atoms with van der Waals surface area (Å²) in [6, 6.07) is 3.41. The van der Waals surface area contributed by atoms with Crippen LogP contribution >= 0.6 is 0 Å². The first kappa shape index (κ1) is 14.9. The summed E-state index contributed by atoms with van der Waals surface area (Å²) >= 11 is 0. The summed E-state index contributed by atoms with van der Waals surface area (Å²) in [5, 5.41) is 0. The van der Waals surface area contributed by atoms with Crippen molar-refractivity contribution in [3.8, 4) is 0 Å². The highest BCUT2D eigenvalue weighted by Crippen LogP contribution is 2.25. The molecule has 0 fully saturated rings. The van der Waals surface area contributed by atoms with Crippen LogP contribution in [0.1, 0.15) is 11.1 Å². The maximum atomic E-state index is 12.4. The predicted molar refractivity (Wildman–Crippen MR) is 72.0 cm³/mol. The maximum absolute atomic E-state index is 12.4. The van der Waals surface area contributed by atoms with Crippen LogP contribution in [0.5, 0.6) is 0 Å². The van der Waals surface area contributed by atoms with Gasteiger partial charge in [0.25, 0.3) is 0 Å². The van der Waals surface area contributed by atoms with Gasteiger partial charge in [0.2, 0.25) is 10.0 Å². The van der Waals surface area contributed by atoms with Crippen molar-refractivity contribution in [3.05, 3.63) is 23.3 Å². The molecule has 0 spiro atoms. The Balaban J connectivity index is 3.20. The molecule has 0 aliphatic rings. The molecule has 2 N–H and O–H groups in total. The summed E-state index contributed by atoms with van der Waals surface area (Å²) in [6.45, 7) is 4.21. The van der Waals surface area contributed by atoms with Gasteiger partial charge in [0, 0.05) is 26.4 Å². The van der Waals surface area contributed by atoms with E-state index in [1.54, 1.807) is 19.1 Å². The van der Waals surface area contributed by atoms with Gasteiger partial charge in [-0.2, -0.15) is 4.31 Å². The number of nitrogens with zero attached hydrogens (tertiary/aromatic N) is 1. The van der Waals surface area contributed by atoms with Crippen molar-refractivity contribution in [3.63, 3.8) is 0 Å². The Labute approximate surface area is 109 Å². The van der Waals surface area contributed by atoms with Crippen LogP contribution in [-0.4, -0.2) is 40.0 Å². The van der Waals surface area contributed by atoms with Gasteiger partial charge in [-0.25, -0.2) is 8.42 Å². The van der Waals surface area contributed by atoms with Crippen LogP contribution in [-0.2, 0) is 14.8 Å². The molecule has 0 radical (unpaired) electrons. The lowest BCUT2D eigenvalue weighted by molar-refractivity contribution is 0.185. The van der Waals surface area contributed by atoms with Crippen molar-refractivity contribution in [2.75, 3.05) is 33.0 Å². The number of nitrogens with two attached hydrogens (primary N) is 1. The molecule has 18 heavy (non-hydrogen) atoms. The molecule has 0 saturated heterocycles. The van der Waals surface area contributed by atoms with E-state index in [4.69, 9.17) is 10.5 Å². The van der Waals surface area contributed by atoms with Crippen molar-refractivity contribution in [2.45, 2.75) is 18.7 Å². The summed E-state index contributed by atoms with van der Waals surface area (Å²) in [5.41, 5.74) is 7.72. The second kappa shape index (κ2) is 5.69. The number of hydrogen-bond donors (Lipinski definition) is 1. The largest absolute Gasteiger partial charge is 0.398 e. The van der Waals surface area contributed by atoms with Gasteiger partial charge >= 0.3 is 0 Å². The highest BCUT2D eigenvalue weighted by atomic mass is 32.2. The minimum atomic E-state index is -3.51. The predicted octanol–water partition coefficient (Wildman–Crippen LogP) is 1.15. The first-order chi connectivity index (χ1) is 8.30. The monoisotopic (exact) mass is 272 g/mol. The summed E-state index contributed by atoms with van der Waals surface area (Å²) in [4.78, 5) is 0.263. The van der Waals surface area contributed by atoms with Crippen LogP contribution < -0.4 is 5.73 Å². The Kier molecular flexibility index (Phi) is 4.72. The van der Waals surface area contributed by atoms with Gasteiger partial charge in [0.1, 0.15) is 0 Å². The number of likely N-dealkylation sites (N-methyl/N-ethyl adjacent to an activating group) is 1. The molecule has 1 rings (SSSR count). The highest BCUT2D eigenvalue weighted by Gasteiger charge is 2.23. The first-order valence-electron chi connectivity index (χ1n) is 5.62. The van der Waals surface area contributed by atoms with E-state index in [1.165, 1.54) is 18.5 Å². The summed E-state index contributed by atoms with van der Waals surface area (Å²) in [6.07, 6.45) is 0. The molecule has 5 nitrogen and oxygen atoms in total. The lowest BCUT2D eigenvalue weighted by Crippen LogP contribution is -2.30. The van der Waals surface area contributed by atoms with Crippen molar-refractivity contribution in [1.29, 1.82) is 0 Å². The van der Waals surface area contributed by atoms with Crippen LogP contribution in [0, 0.1) is 13.8 Å². The molecule has 0 heterocycles. The van der Waals surface area contributed by atoms with Gasteiger partial charge in [-0.15, -0.1) is 0 Å². The van der Waals surface area contributed by atoms with E-state index in [0.29, 0.717) is 24.4 Å². The zero-order valence-electron chi connectivity index (χ0n) is 11.2. The molecule has 0 unspecified atom stereocenters. The molecular weight excluding hydrogens is 252 g/mol. The molecule has 0 aliphatic carbocycles. The normalized spacial score (nSPS) is 12.1. The zero-order chi connectivity index (χ0) is 13.9. The number of benzene rings is 1. The van der Waals surface area contributed by atoms with E-state index < -0.39 is 10.0 Å². The maximum Gasteiger partial charge on any atom is 0.243 e. The average Bonchev–Trinajstić information content (AvgIpc) is 2.30. The standard InChI is InChI=1S/C12H20N2O3S/c1-9-7-11(13)10(2)12(8-9)18(15,16)14(3)5-6-17-4/h7-8H,5-6,13H2,1-4H3. The molecule has 1 aromatic rings. The van der Waals surface area contributed by atoms with Crippen molar-refractivity contribution in [2.24, 2.45) is 0 Å². The molecule has 0 saturated carbocycles. The highest BCUT2D eigenvalue weighted by molar-refractivity contribution is 7.89. The molecule has 0 bridgehead atoms. The van der Waals surface area contributed by atoms with E-state index in [2.05, 4.69) is 0 Å². The number of sulfonamides is 1. The van der Waals surface area contributed by atoms with Crippen LogP contribution in [0.4, 0.5) is 5.69 Å². The number of rotatable bonds is 5. The number of nitrogen functional groups attached to an aromatic ring is 1. The second-order valence-electron chi connectivity index (χ2n) is 4.30. The van der Waals surface area contributed by atoms with Gasteiger partial charge in [-0.05, 0) is 37.1 Å². The van der Waals surface area contributed by atoms with Crippen molar-refractivity contribution < 1.29 is 13.2 Å². The Bertz CT molecular complexity index is 526. The van der Waals surface area contributed by atoms with E-state index >= 15 is 0 Å². The third-order valence-corrected chi connectivity index (χ3v) is 4.83. The van der Waals surface area contributed by atoms with Gasteiger partial charge in [-0.1, -0.05) is 0 Å². The lowest BCUT2D eigenvalue weighted by Gasteiger charge is -2.19. The topological polar surface area (TPSA) is 72.6 Å². The second-order valence-corrected chi connectivity index (χ2v) is 6.31. The Morgan fingerprint density at radius 1 is 1.33 bits per heavy atom. The number of aryl methyl sites for hydroxylation is 1. The molecule has 6 heteroatoms. The number of anilines is 1. The van der Waals surface area contributed by atoms with Crippen molar-refractivity contribution in [1.82, 2.24) is 4.31 Å². The molecule has 0 amide bonds. The van der Waals surface area contributed by atoms with Crippen LogP contribution in [0.3, 0.4) is 0 Å². The smallest absolute Gasteiger partial charge is 0.243 e. The number of methoxy groups -OCH3 is 1. The van der Waals surface area contributed by atoms with Gasteiger partial charge in [-0.3, -0.25) is 0 Å². The SMILES string of the molecule is COCCN(C)S(=O)(=O)c1cc(C)cc(N)c1C. The summed E-state index contributed by atoms with van der Waals surface area (Å²) < 4.78 is 30.9. The third-order valence-electron chi connectivity index (χ3n) is 2.84. The number of hydrogen-bond acceptors (Lipinski definition) is 4. The van der Waals surface area contributed by atoms with E-state index in [0.717, 1.165) is 5.56 Å². The fraction of sp³-hybridized carbons (Fsp3) is 0.500. The van der Waals surface area contributed by atoms with Crippen LogP contribution in [0.2, 0.25) is 0 Å². The quantitative estimate of drug-likeness (QED) is 0.816. The van der Waals surface area contributed by atoms with Crippen LogP contribution in [0.25, 0.3) is 0 Å². The minimum absolute atomic E-state index is 0.263. The molecule has 0 aliphatic heterocycles. The number of ether oxygens (including phenoxy) is 1. The zero-order valence-corrected chi connectivity index (χ0v) is 12.0. The van der Waals surface area contributed by atoms with E-state index in [9.17, 15) is 8.42 Å². The molecule has 102 valence electrons. The van der Waals surface area contributed by atoms with Gasteiger partial charge in [0.15, 0.2) is 0 Å². The van der Waals surface area contributed by atoms with Gasteiger partial charge in [0.05, 0.1) is 11.5 Å². The Morgan fingerprint density at radius 2 is 1.94 bits per heavy atom. The molecular formula is C12H20N2O3S. The van der Waals surface area contributed by atoms with E-state index in [-0.39, 0.29) is 4.90 Å². The average molecular weight is 272 g/mol. The van der Waals surface area contributed by atoms with Crippen molar-refractivity contribution >= 4 is 15.7 Å². The van der Waals surface area contributed by atoms with E-state index in [1.807, 2.05) is 6.92 Å². The van der Waals surface area contributed by atoms with Crippen LogP contribution in [0.15, 0.2) is 17.0 Å². The summed E-state index contributed by atoms with van der Waals surface area (Å²) in [5.74, 6) is 0. The summed E-state index contributed by atoms with van der Waals surface area (Å²) in [7, 11) is -0.441. The molecule has 0 aromatic heterocycles. The minimum Gasteiger partial charge on any atom is -0.398 e. The fourth-order valence-corrected chi connectivity index (χ4v) is 3.12. The third kappa shape index (κ3) is 3.01. The fourth-order valence-electron chi connectivity index (χ4n) is 1.63. The Morgan fingerprint density at radius 3 is 2.50 bits per heavy atom.